The number of rotatable bonds is 4. The topological polar surface area (TPSA) is 120 Å². The van der Waals surface area contributed by atoms with Crippen LogP contribution in [0.1, 0.15) is 15.2 Å². The van der Waals surface area contributed by atoms with Gasteiger partial charge in [-0.1, -0.05) is 0 Å². The smallest absolute Gasteiger partial charge is 0.339 e. The fourth-order valence-corrected chi connectivity index (χ4v) is 3.49. The summed E-state index contributed by atoms with van der Waals surface area (Å²) in [6, 6.07) is 7.10. The van der Waals surface area contributed by atoms with Crippen LogP contribution in [0.2, 0.25) is 0 Å². The zero-order valence-electron chi connectivity index (χ0n) is 9.77. The lowest BCUT2D eigenvalue weighted by molar-refractivity contribution is 0.0697. The van der Waals surface area contributed by atoms with Crippen LogP contribution in [0, 0.1) is 11.3 Å². The molecule has 0 saturated heterocycles. The Morgan fingerprint density at radius 3 is 2.75 bits per heavy atom. The number of thiophene rings is 1. The Morgan fingerprint density at radius 2 is 2.15 bits per heavy atom. The molecule has 0 saturated carbocycles. The first-order valence-electron chi connectivity index (χ1n) is 5.15. The molecule has 0 amide bonds. The Bertz CT molecular complexity index is 805. The first-order chi connectivity index (χ1) is 9.44. The number of anilines is 1. The fraction of sp³-hybridized carbons (Fsp3) is 0. The summed E-state index contributed by atoms with van der Waals surface area (Å²) in [6.45, 7) is 0. The zero-order valence-corrected chi connectivity index (χ0v) is 11.4. The Kier molecular flexibility index (Phi) is 3.69. The van der Waals surface area contributed by atoms with Crippen LogP contribution in [0.5, 0.6) is 0 Å². The molecule has 2 aromatic heterocycles. The van der Waals surface area contributed by atoms with E-state index in [2.05, 4.69) is 9.71 Å². The standard InChI is InChI=1S/C11H7N3O4S2/c12-6-7-3-4-9(19-7)20(17,18)14-10-8(11(15)16)2-1-5-13-10/h1-5H,(H,13,14)(H,15,16). The number of carboxylic acid groups (broad SMARTS) is 1. The molecule has 102 valence electrons. The van der Waals surface area contributed by atoms with E-state index in [0.717, 1.165) is 11.3 Å². The summed E-state index contributed by atoms with van der Waals surface area (Å²) < 4.78 is 26.1. The van der Waals surface area contributed by atoms with Crippen molar-refractivity contribution in [3.05, 3.63) is 40.9 Å². The summed E-state index contributed by atoms with van der Waals surface area (Å²) in [4.78, 5) is 14.9. The number of pyridine rings is 1. The third kappa shape index (κ3) is 2.76. The van der Waals surface area contributed by atoms with Gasteiger partial charge in [0.15, 0.2) is 5.82 Å². The van der Waals surface area contributed by atoms with Gasteiger partial charge in [0.05, 0.1) is 0 Å². The monoisotopic (exact) mass is 309 g/mol. The summed E-state index contributed by atoms with van der Waals surface area (Å²) in [6.07, 6.45) is 1.28. The maximum Gasteiger partial charge on any atom is 0.339 e. The van der Waals surface area contributed by atoms with E-state index < -0.39 is 16.0 Å². The van der Waals surface area contributed by atoms with E-state index in [-0.39, 0.29) is 20.5 Å². The molecule has 0 fully saturated rings. The predicted molar refractivity (Wildman–Crippen MR) is 71.0 cm³/mol. The molecule has 0 atom stereocenters. The highest BCUT2D eigenvalue weighted by Gasteiger charge is 2.21. The molecule has 0 aliphatic carbocycles. The van der Waals surface area contributed by atoms with E-state index in [1.807, 2.05) is 6.07 Å². The van der Waals surface area contributed by atoms with Gasteiger partial charge in [-0.25, -0.2) is 18.2 Å². The van der Waals surface area contributed by atoms with Gasteiger partial charge < -0.3 is 5.11 Å². The number of nitrogens with zero attached hydrogens (tertiary/aromatic N) is 2. The molecule has 0 aliphatic heterocycles. The van der Waals surface area contributed by atoms with E-state index in [0.29, 0.717) is 0 Å². The molecule has 0 bridgehead atoms. The minimum absolute atomic E-state index is 0.0870. The first kappa shape index (κ1) is 14.0. The maximum absolute atomic E-state index is 12.1. The zero-order chi connectivity index (χ0) is 14.8. The van der Waals surface area contributed by atoms with Gasteiger partial charge in [0.2, 0.25) is 0 Å². The van der Waals surface area contributed by atoms with E-state index >= 15 is 0 Å². The van der Waals surface area contributed by atoms with Crippen LogP contribution in [0.25, 0.3) is 0 Å². The predicted octanol–water partition coefficient (Wildman–Crippen LogP) is 1.51. The van der Waals surface area contributed by atoms with Crippen molar-refractivity contribution in [2.24, 2.45) is 0 Å². The number of aromatic carboxylic acids is 1. The molecule has 7 nitrogen and oxygen atoms in total. The number of nitriles is 1. The minimum atomic E-state index is -3.97. The van der Waals surface area contributed by atoms with Crippen molar-refractivity contribution in [1.29, 1.82) is 5.26 Å². The highest BCUT2D eigenvalue weighted by Crippen LogP contribution is 2.24. The maximum atomic E-state index is 12.1. The van der Waals surface area contributed by atoms with Gasteiger partial charge in [-0.15, -0.1) is 11.3 Å². The number of nitrogens with one attached hydrogen (secondary N) is 1. The number of carboxylic acids is 1. The number of carbonyl (C=O) groups is 1. The van der Waals surface area contributed by atoms with Crippen molar-refractivity contribution in [1.82, 2.24) is 4.98 Å². The molecular formula is C11H7N3O4S2. The van der Waals surface area contributed by atoms with Crippen molar-refractivity contribution in [3.63, 3.8) is 0 Å². The SMILES string of the molecule is N#Cc1ccc(S(=O)(=O)Nc2ncccc2C(=O)O)s1. The Hall–Kier alpha value is -2.44. The molecule has 2 heterocycles. The number of aromatic nitrogens is 1. The highest BCUT2D eigenvalue weighted by atomic mass is 32.2. The Balaban J connectivity index is 2.39. The second-order valence-electron chi connectivity index (χ2n) is 3.54. The Morgan fingerprint density at radius 1 is 1.40 bits per heavy atom. The van der Waals surface area contributed by atoms with Crippen LogP contribution in [0.3, 0.4) is 0 Å². The van der Waals surface area contributed by atoms with E-state index in [1.165, 1.54) is 30.5 Å². The highest BCUT2D eigenvalue weighted by molar-refractivity contribution is 7.94. The molecule has 0 spiro atoms. The van der Waals surface area contributed by atoms with Crippen molar-refractivity contribution < 1.29 is 18.3 Å². The molecule has 0 aromatic carbocycles. The number of hydrogen-bond acceptors (Lipinski definition) is 6. The third-order valence-electron chi connectivity index (χ3n) is 2.23. The van der Waals surface area contributed by atoms with Gasteiger partial charge in [0, 0.05) is 6.20 Å². The first-order valence-corrected chi connectivity index (χ1v) is 7.45. The second kappa shape index (κ2) is 5.28. The van der Waals surface area contributed by atoms with Crippen molar-refractivity contribution >= 4 is 33.1 Å². The van der Waals surface area contributed by atoms with Crippen LogP contribution in [0.4, 0.5) is 5.82 Å². The summed E-state index contributed by atoms with van der Waals surface area (Å²) in [7, 11) is -3.97. The van der Waals surface area contributed by atoms with Crippen LogP contribution >= 0.6 is 11.3 Å². The summed E-state index contributed by atoms with van der Waals surface area (Å²) in [5.41, 5.74) is -0.256. The molecule has 0 aliphatic rings. The van der Waals surface area contributed by atoms with Crippen LogP contribution in [0.15, 0.2) is 34.7 Å². The van der Waals surface area contributed by atoms with E-state index in [1.54, 1.807) is 0 Å². The van der Waals surface area contributed by atoms with Gasteiger partial charge in [-0.3, -0.25) is 4.72 Å². The molecule has 2 N–H and O–H groups in total. The van der Waals surface area contributed by atoms with Crippen molar-refractivity contribution in [2.45, 2.75) is 4.21 Å². The van der Waals surface area contributed by atoms with Crippen molar-refractivity contribution in [3.8, 4) is 6.07 Å². The summed E-state index contributed by atoms with van der Waals surface area (Å²) in [5.74, 6) is -1.56. The van der Waals surface area contributed by atoms with Gasteiger partial charge in [-0.2, -0.15) is 5.26 Å². The van der Waals surface area contributed by atoms with E-state index in [4.69, 9.17) is 10.4 Å². The lowest BCUT2D eigenvalue weighted by atomic mass is 10.3. The summed E-state index contributed by atoms with van der Waals surface area (Å²) >= 11 is 0.787. The molecule has 2 aromatic rings. The van der Waals surface area contributed by atoms with Gasteiger partial charge in [0.25, 0.3) is 10.0 Å². The van der Waals surface area contributed by atoms with Gasteiger partial charge in [-0.05, 0) is 24.3 Å². The Labute approximate surface area is 118 Å². The average Bonchev–Trinajstić information content (AvgIpc) is 2.88. The van der Waals surface area contributed by atoms with Gasteiger partial charge >= 0.3 is 5.97 Å². The van der Waals surface area contributed by atoms with Crippen LogP contribution in [-0.2, 0) is 10.0 Å². The molecule has 0 radical (unpaired) electrons. The molecule has 2 rings (SSSR count). The fourth-order valence-electron chi connectivity index (χ4n) is 1.36. The van der Waals surface area contributed by atoms with Crippen LogP contribution < -0.4 is 4.72 Å². The number of hydrogen-bond donors (Lipinski definition) is 2. The molecular weight excluding hydrogens is 302 g/mol. The second-order valence-corrected chi connectivity index (χ2v) is 6.53. The lowest BCUT2D eigenvalue weighted by Crippen LogP contribution is -2.15. The number of sulfonamides is 1. The summed E-state index contributed by atoms with van der Waals surface area (Å²) in [5, 5.41) is 17.6. The minimum Gasteiger partial charge on any atom is -0.478 e. The van der Waals surface area contributed by atoms with Crippen molar-refractivity contribution in [2.75, 3.05) is 4.72 Å². The quantitative estimate of drug-likeness (QED) is 0.883. The normalized spacial score (nSPS) is 10.8. The molecule has 0 unspecified atom stereocenters. The third-order valence-corrected chi connectivity index (χ3v) is 5.05. The lowest BCUT2D eigenvalue weighted by Gasteiger charge is -2.07. The van der Waals surface area contributed by atoms with Crippen LogP contribution in [-0.4, -0.2) is 24.5 Å². The molecule has 9 heteroatoms. The molecule has 20 heavy (non-hydrogen) atoms. The van der Waals surface area contributed by atoms with Gasteiger partial charge in [0.1, 0.15) is 20.7 Å². The largest absolute Gasteiger partial charge is 0.478 e. The van der Waals surface area contributed by atoms with E-state index in [9.17, 15) is 13.2 Å². The average molecular weight is 309 g/mol.